The van der Waals surface area contributed by atoms with Gasteiger partial charge in [0.15, 0.2) is 0 Å². The minimum Gasteiger partial charge on any atom is -0.366 e. The highest BCUT2D eigenvalue weighted by atomic mass is 35.5. The minimum absolute atomic E-state index is 0.0405. The van der Waals surface area contributed by atoms with Crippen LogP contribution in [0.4, 0.5) is 24.9 Å². The third-order valence-electron chi connectivity index (χ3n) is 4.51. The minimum atomic E-state index is -4.36. The first kappa shape index (κ1) is 22.4. The van der Waals surface area contributed by atoms with Gasteiger partial charge in [0.1, 0.15) is 17.4 Å². The quantitative estimate of drug-likeness (QED) is 0.530. The number of rotatable bonds is 6. The standard InChI is InChI=1S/C19H19ClF3N7O/c1-18(2,16(31)25-4-3-19(21,22)23)30-17-28-7-10(6-24)14(29-17)13-9-27-15-12(13)5-11(20)8-26-15/h5,7,9,26-27H,3-4,8H2,1-2H3,(H,25,31)(H,28,29,30). The fourth-order valence-electron chi connectivity index (χ4n) is 2.91. The number of nitriles is 1. The molecule has 0 saturated heterocycles. The number of H-pyrrole nitrogens is 1. The number of fused-ring (bicyclic) bond motifs is 1. The maximum Gasteiger partial charge on any atom is 0.390 e. The zero-order chi connectivity index (χ0) is 22.8. The van der Waals surface area contributed by atoms with Gasteiger partial charge in [-0.1, -0.05) is 11.6 Å². The molecular weight excluding hydrogens is 435 g/mol. The lowest BCUT2D eigenvalue weighted by Gasteiger charge is -2.25. The number of aromatic amines is 1. The molecule has 0 spiro atoms. The van der Waals surface area contributed by atoms with Gasteiger partial charge in [0.2, 0.25) is 11.9 Å². The van der Waals surface area contributed by atoms with Crippen LogP contribution in [0, 0.1) is 11.3 Å². The van der Waals surface area contributed by atoms with Gasteiger partial charge in [-0.2, -0.15) is 18.4 Å². The normalized spacial score (nSPS) is 13.5. The Bertz CT molecular complexity index is 1070. The Balaban J connectivity index is 1.84. The molecule has 1 amide bonds. The summed E-state index contributed by atoms with van der Waals surface area (Å²) in [5, 5.41) is 18.2. The van der Waals surface area contributed by atoms with E-state index >= 15 is 0 Å². The zero-order valence-electron chi connectivity index (χ0n) is 16.6. The molecule has 4 N–H and O–H groups in total. The molecule has 0 aromatic carbocycles. The predicted octanol–water partition coefficient (Wildman–Crippen LogP) is 3.61. The average molecular weight is 454 g/mol. The van der Waals surface area contributed by atoms with Crippen molar-refractivity contribution >= 4 is 35.4 Å². The Labute approximate surface area is 180 Å². The molecule has 3 rings (SSSR count). The molecule has 2 aromatic rings. The Morgan fingerprint density at radius 1 is 1.39 bits per heavy atom. The molecule has 0 radical (unpaired) electrons. The molecule has 8 nitrogen and oxygen atoms in total. The number of nitrogens with one attached hydrogen (secondary N) is 4. The van der Waals surface area contributed by atoms with Gasteiger partial charge >= 0.3 is 6.18 Å². The van der Waals surface area contributed by atoms with Crippen LogP contribution in [0.1, 0.15) is 31.4 Å². The second-order valence-electron chi connectivity index (χ2n) is 7.37. The first-order chi connectivity index (χ1) is 14.5. The van der Waals surface area contributed by atoms with Gasteiger partial charge in [0.05, 0.1) is 30.4 Å². The van der Waals surface area contributed by atoms with E-state index in [1.54, 1.807) is 12.3 Å². The molecule has 0 unspecified atom stereocenters. The number of amides is 1. The lowest BCUT2D eigenvalue weighted by atomic mass is 10.0. The highest BCUT2D eigenvalue weighted by Gasteiger charge is 2.31. The van der Waals surface area contributed by atoms with Crippen molar-refractivity contribution in [2.75, 3.05) is 23.7 Å². The Morgan fingerprint density at radius 2 is 2.13 bits per heavy atom. The van der Waals surface area contributed by atoms with Crippen LogP contribution >= 0.6 is 11.6 Å². The maximum absolute atomic E-state index is 12.3. The number of nitrogens with zero attached hydrogens (tertiary/aromatic N) is 3. The van der Waals surface area contributed by atoms with Crippen LogP contribution < -0.4 is 16.0 Å². The molecule has 164 valence electrons. The van der Waals surface area contributed by atoms with Crippen molar-refractivity contribution in [3.05, 3.63) is 28.6 Å². The summed E-state index contributed by atoms with van der Waals surface area (Å²) in [6.07, 6.45) is -0.755. The maximum atomic E-state index is 12.3. The lowest BCUT2D eigenvalue weighted by Crippen LogP contribution is -2.49. The van der Waals surface area contributed by atoms with Gasteiger partial charge in [-0.05, 0) is 19.9 Å². The van der Waals surface area contributed by atoms with Crippen LogP contribution in [0.3, 0.4) is 0 Å². The van der Waals surface area contributed by atoms with Crippen LogP contribution in [-0.2, 0) is 4.79 Å². The van der Waals surface area contributed by atoms with Crippen LogP contribution in [0.5, 0.6) is 0 Å². The van der Waals surface area contributed by atoms with Gasteiger partial charge in [0, 0.05) is 28.9 Å². The van der Waals surface area contributed by atoms with E-state index in [0.29, 0.717) is 22.8 Å². The number of halogens is 4. The van der Waals surface area contributed by atoms with Gasteiger partial charge in [0.25, 0.3) is 0 Å². The van der Waals surface area contributed by atoms with E-state index in [9.17, 15) is 23.2 Å². The Hall–Kier alpha value is -3.26. The van der Waals surface area contributed by atoms with E-state index in [4.69, 9.17) is 11.6 Å². The molecule has 12 heteroatoms. The third kappa shape index (κ3) is 5.27. The van der Waals surface area contributed by atoms with E-state index in [1.165, 1.54) is 20.0 Å². The van der Waals surface area contributed by atoms with E-state index in [2.05, 4.69) is 30.9 Å². The summed E-state index contributed by atoms with van der Waals surface area (Å²) >= 11 is 6.12. The summed E-state index contributed by atoms with van der Waals surface area (Å²) in [6, 6.07) is 2.03. The van der Waals surface area contributed by atoms with Gasteiger partial charge < -0.3 is 20.9 Å². The topological polar surface area (TPSA) is 119 Å². The fourth-order valence-corrected chi connectivity index (χ4v) is 3.09. The van der Waals surface area contributed by atoms with Crippen molar-refractivity contribution in [1.29, 1.82) is 5.26 Å². The summed E-state index contributed by atoms with van der Waals surface area (Å²) in [4.78, 5) is 23.8. The monoisotopic (exact) mass is 453 g/mol. The molecular formula is C19H19ClF3N7O. The van der Waals surface area contributed by atoms with Crippen molar-refractivity contribution in [2.45, 2.75) is 32.0 Å². The van der Waals surface area contributed by atoms with Gasteiger partial charge in [-0.3, -0.25) is 4.79 Å². The van der Waals surface area contributed by atoms with Crippen LogP contribution in [-0.4, -0.2) is 45.7 Å². The highest BCUT2D eigenvalue weighted by Crippen LogP contribution is 2.35. The molecule has 3 heterocycles. The fraction of sp³-hybridized carbons (Fsp3) is 0.368. The molecule has 2 aromatic heterocycles. The molecule has 1 aliphatic heterocycles. The van der Waals surface area contributed by atoms with Gasteiger partial charge in [-0.25, -0.2) is 9.97 Å². The van der Waals surface area contributed by atoms with E-state index in [-0.39, 0.29) is 11.5 Å². The molecule has 0 saturated carbocycles. The number of aromatic nitrogens is 3. The summed E-state index contributed by atoms with van der Waals surface area (Å²) in [5.41, 5.74) is 0.542. The number of carbonyl (C=O) groups excluding carboxylic acids is 1. The summed E-state index contributed by atoms with van der Waals surface area (Å²) < 4.78 is 36.9. The zero-order valence-corrected chi connectivity index (χ0v) is 17.4. The van der Waals surface area contributed by atoms with Crippen molar-refractivity contribution in [2.24, 2.45) is 0 Å². The third-order valence-corrected chi connectivity index (χ3v) is 4.75. The molecule has 0 aliphatic carbocycles. The Morgan fingerprint density at radius 3 is 2.81 bits per heavy atom. The highest BCUT2D eigenvalue weighted by molar-refractivity contribution is 6.32. The van der Waals surface area contributed by atoms with Crippen molar-refractivity contribution in [3.63, 3.8) is 0 Å². The first-order valence-corrected chi connectivity index (χ1v) is 9.60. The predicted molar refractivity (Wildman–Crippen MR) is 110 cm³/mol. The number of hydrogen-bond donors (Lipinski definition) is 4. The number of carbonyl (C=O) groups is 1. The van der Waals surface area contributed by atoms with E-state index < -0.39 is 30.6 Å². The second-order valence-corrected chi connectivity index (χ2v) is 7.86. The number of anilines is 2. The van der Waals surface area contributed by atoms with Crippen LogP contribution in [0.25, 0.3) is 17.3 Å². The molecule has 0 atom stereocenters. The van der Waals surface area contributed by atoms with E-state index in [0.717, 1.165) is 11.4 Å². The van der Waals surface area contributed by atoms with Gasteiger partial charge in [-0.15, -0.1) is 0 Å². The summed E-state index contributed by atoms with van der Waals surface area (Å²) in [6.45, 7) is 2.90. The largest absolute Gasteiger partial charge is 0.390 e. The van der Waals surface area contributed by atoms with Crippen LogP contribution in [0.15, 0.2) is 17.4 Å². The van der Waals surface area contributed by atoms with Crippen molar-refractivity contribution in [3.8, 4) is 17.3 Å². The molecule has 0 bridgehead atoms. The molecule has 1 aliphatic rings. The average Bonchev–Trinajstić information content (AvgIpc) is 3.09. The SMILES string of the molecule is CC(C)(Nc1ncc(C#N)c(-c2c[nH]c3c2C=C(Cl)CN3)n1)C(=O)NCCC(F)(F)F. The van der Waals surface area contributed by atoms with Crippen LogP contribution in [0.2, 0.25) is 0 Å². The molecule has 0 fully saturated rings. The number of hydrogen-bond acceptors (Lipinski definition) is 6. The summed E-state index contributed by atoms with van der Waals surface area (Å²) in [7, 11) is 0. The van der Waals surface area contributed by atoms with Crippen molar-refractivity contribution in [1.82, 2.24) is 20.3 Å². The Kier molecular flexibility index (Phi) is 6.13. The molecule has 31 heavy (non-hydrogen) atoms. The smallest absolute Gasteiger partial charge is 0.366 e. The first-order valence-electron chi connectivity index (χ1n) is 9.22. The second kappa shape index (κ2) is 8.47. The lowest BCUT2D eigenvalue weighted by molar-refractivity contribution is -0.136. The number of alkyl halides is 3. The summed E-state index contributed by atoms with van der Waals surface area (Å²) in [5.74, 6) is 0.115. The van der Waals surface area contributed by atoms with Crippen molar-refractivity contribution < 1.29 is 18.0 Å². The van der Waals surface area contributed by atoms with E-state index in [1.807, 2.05) is 6.07 Å².